The van der Waals surface area contributed by atoms with E-state index in [1.807, 2.05) is 6.07 Å². The monoisotopic (exact) mass is 552 g/mol. The molecule has 5 rings (SSSR count). The third-order valence-electron chi connectivity index (χ3n) is 6.60. The van der Waals surface area contributed by atoms with Crippen molar-refractivity contribution in [2.75, 3.05) is 0 Å². The summed E-state index contributed by atoms with van der Waals surface area (Å²) in [5.41, 5.74) is 0.433. The Morgan fingerprint density at radius 2 is 1.55 bits per heavy atom. The molecule has 0 amide bonds. The molecule has 0 bridgehead atoms. The summed E-state index contributed by atoms with van der Waals surface area (Å²) in [7, 11) is 0. The topological polar surface area (TPSA) is 207 Å². The minimum Gasteiger partial charge on any atom is -0.508 e. The van der Waals surface area contributed by atoms with Crippen LogP contribution in [0.5, 0.6) is 23.0 Å². The third-order valence-corrected chi connectivity index (χ3v) is 6.60. The highest BCUT2D eigenvalue weighted by molar-refractivity contribution is 5.90. The highest BCUT2D eigenvalue weighted by atomic mass is 16.7. The molecule has 208 valence electrons. The van der Waals surface area contributed by atoms with E-state index in [1.165, 1.54) is 24.3 Å². The Morgan fingerprint density at radius 3 is 2.20 bits per heavy atom. The molecule has 0 spiro atoms. The maximum absolute atomic E-state index is 13.7. The van der Waals surface area contributed by atoms with Gasteiger partial charge in [0.05, 0.1) is 0 Å². The molecular weight excluding hydrogens is 528 g/mol. The number of aromatic hydroxyl groups is 3. The standard InChI is InChI=1S/C28H24O12/c29-14-8-6-13(7-9-14)25-15(10-12-4-2-1-3-5-12)19(30)18-16(38-25)11-17(20(31)21(18)32)39-28-24(35)22(33)23(34)26(40-28)27(36)37/h1-9,11,22-24,26,28-29,31-35H,10H2,(H,36,37). The first-order chi connectivity index (χ1) is 19.1. The molecular formula is C28H24O12. The van der Waals surface area contributed by atoms with E-state index in [4.69, 9.17) is 13.9 Å². The van der Waals surface area contributed by atoms with Gasteiger partial charge in [0.1, 0.15) is 40.8 Å². The van der Waals surface area contributed by atoms with Gasteiger partial charge in [0.25, 0.3) is 0 Å². The zero-order chi connectivity index (χ0) is 28.7. The average Bonchev–Trinajstić information content (AvgIpc) is 2.93. The number of benzene rings is 3. The molecule has 1 saturated heterocycles. The van der Waals surface area contributed by atoms with Crippen molar-refractivity contribution < 1.29 is 54.4 Å². The number of aliphatic carboxylic acids is 1. The summed E-state index contributed by atoms with van der Waals surface area (Å²) in [6, 6.07) is 15.9. The van der Waals surface area contributed by atoms with Gasteiger partial charge in [-0.25, -0.2) is 4.79 Å². The van der Waals surface area contributed by atoms with Gasteiger partial charge in [-0.15, -0.1) is 0 Å². The molecule has 12 nitrogen and oxygen atoms in total. The maximum atomic E-state index is 13.7. The van der Waals surface area contributed by atoms with Crippen molar-refractivity contribution in [3.05, 3.63) is 82.0 Å². The van der Waals surface area contributed by atoms with Crippen LogP contribution in [0.3, 0.4) is 0 Å². The normalized spacial score (nSPS) is 22.7. The average molecular weight is 552 g/mol. The van der Waals surface area contributed by atoms with E-state index in [-0.39, 0.29) is 34.5 Å². The number of hydrogen-bond acceptors (Lipinski definition) is 11. The number of fused-ring (bicyclic) bond motifs is 1. The predicted molar refractivity (Wildman–Crippen MR) is 137 cm³/mol. The van der Waals surface area contributed by atoms with E-state index in [2.05, 4.69) is 0 Å². The van der Waals surface area contributed by atoms with E-state index < -0.39 is 59.4 Å². The maximum Gasteiger partial charge on any atom is 0.335 e. The van der Waals surface area contributed by atoms with Crippen LogP contribution < -0.4 is 10.2 Å². The molecule has 2 heterocycles. The van der Waals surface area contributed by atoms with Gasteiger partial charge in [0, 0.05) is 23.6 Å². The van der Waals surface area contributed by atoms with Crippen molar-refractivity contribution in [2.24, 2.45) is 0 Å². The lowest BCUT2D eigenvalue weighted by Gasteiger charge is -2.38. The second kappa shape index (κ2) is 10.5. The Morgan fingerprint density at radius 1 is 0.875 bits per heavy atom. The van der Waals surface area contributed by atoms with Crippen LogP contribution in [0.25, 0.3) is 22.3 Å². The minimum atomic E-state index is -1.98. The zero-order valence-corrected chi connectivity index (χ0v) is 20.5. The van der Waals surface area contributed by atoms with E-state index in [0.717, 1.165) is 11.6 Å². The Kier molecular flexibility index (Phi) is 7.08. The lowest BCUT2D eigenvalue weighted by Crippen LogP contribution is -2.61. The van der Waals surface area contributed by atoms with Gasteiger partial charge in [0.15, 0.2) is 17.6 Å². The van der Waals surface area contributed by atoms with E-state index in [9.17, 15) is 45.3 Å². The van der Waals surface area contributed by atoms with Crippen molar-refractivity contribution in [3.63, 3.8) is 0 Å². The molecule has 1 fully saturated rings. The van der Waals surface area contributed by atoms with Crippen molar-refractivity contribution >= 4 is 16.9 Å². The summed E-state index contributed by atoms with van der Waals surface area (Å²) in [4.78, 5) is 25.1. The van der Waals surface area contributed by atoms with Gasteiger partial charge in [-0.1, -0.05) is 30.3 Å². The molecule has 3 aromatic carbocycles. The first kappa shape index (κ1) is 27.0. The van der Waals surface area contributed by atoms with E-state index in [1.54, 1.807) is 24.3 Å². The lowest BCUT2D eigenvalue weighted by molar-refractivity contribution is -0.271. The number of hydrogen-bond donors (Lipinski definition) is 7. The second-order valence-electron chi connectivity index (χ2n) is 9.25. The van der Waals surface area contributed by atoms with Crippen LogP contribution in [-0.4, -0.2) is 72.4 Å². The summed E-state index contributed by atoms with van der Waals surface area (Å²) in [5.74, 6) is -3.98. The second-order valence-corrected chi connectivity index (χ2v) is 9.25. The molecule has 4 aromatic rings. The number of phenolic OH excluding ortho intramolecular Hbond substituents is 3. The molecule has 1 aliphatic rings. The molecule has 1 aromatic heterocycles. The van der Waals surface area contributed by atoms with Gasteiger partial charge < -0.3 is 49.6 Å². The van der Waals surface area contributed by atoms with Crippen LogP contribution in [0.15, 0.2) is 69.9 Å². The van der Waals surface area contributed by atoms with Gasteiger partial charge in [0.2, 0.25) is 17.5 Å². The summed E-state index contributed by atoms with van der Waals surface area (Å²) in [6.07, 6.45) is -9.67. The van der Waals surface area contributed by atoms with Crippen LogP contribution in [0.4, 0.5) is 0 Å². The Balaban J connectivity index is 1.64. The Bertz CT molecular complexity index is 1610. The molecule has 12 heteroatoms. The third kappa shape index (κ3) is 4.80. The predicted octanol–water partition coefficient (Wildman–Crippen LogP) is 1.44. The van der Waals surface area contributed by atoms with Crippen molar-refractivity contribution in [2.45, 2.75) is 37.1 Å². The smallest absolute Gasteiger partial charge is 0.335 e. The van der Waals surface area contributed by atoms with Gasteiger partial charge >= 0.3 is 5.97 Å². The number of carboxylic acid groups (broad SMARTS) is 1. The number of ether oxygens (including phenoxy) is 2. The molecule has 0 saturated carbocycles. The van der Waals surface area contributed by atoms with Crippen LogP contribution in [0, 0.1) is 0 Å². The summed E-state index contributed by atoms with van der Waals surface area (Å²) >= 11 is 0. The van der Waals surface area contributed by atoms with Crippen LogP contribution in [0.1, 0.15) is 11.1 Å². The SMILES string of the molecule is O=C(O)C1OC(Oc2cc3oc(-c4ccc(O)cc4)c(Cc4ccccc4)c(=O)c3c(O)c2O)C(O)C(O)C1O. The number of rotatable bonds is 6. The minimum absolute atomic E-state index is 0.0206. The molecule has 0 aliphatic carbocycles. The largest absolute Gasteiger partial charge is 0.508 e. The fourth-order valence-electron chi connectivity index (χ4n) is 4.51. The van der Waals surface area contributed by atoms with Crippen molar-refractivity contribution in [1.29, 1.82) is 0 Å². The molecule has 5 unspecified atom stereocenters. The Hall–Kier alpha value is -4.62. The first-order valence-electron chi connectivity index (χ1n) is 12.0. The molecule has 0 radical (unpaired) electrons. The molecule has 1 aliphatic heterocycles. The highest BCUT2D eigenvalue weighted by Gasteiger charge is 2.48. The zero-order valence-electron chi connectivity index (χ0n) is 20.5. The first-order valence-corrected chi connectivity index (χ1v) is 12.0. The summed E-state index contributed by atoms with van der Waals surface area (Å²) in [5, 5.41) is 70.4. The van der Waals surface area contributed by atoms with E-state index in [0.29, 0.717) is 5.56 Å². The van der Waals surface area contributed by atoms with Gasteiger partial charge in [-0.05, 0) is 29.8 Å². The summed E-state index contributed by atoms with van der Waals surface area (Å²) < 4.78 is 16.5. The number of phenols is 3. The van der Waals surface area contributed by atoms with Gasteiger partial charge in [-0.2, -0.15) is 0 Å². The number of aliphatic hydroxyl groups excluding tert-OH is 3. The lowest BCUT2D eigenvalue weighted by atomic mass is 9.98. The van der Waals surface area contributed by atoms with Crippen LogP contribution >= 0.6 is 0 Å². The molecule has 40 heavy (non-hydrogen) atoms. The molecule has 7 N–H and O–H groups in total. The number of aliphatic hydroxyl groups is 3. The van der Waals surface area contributed by atoms with Crippen LogP contribution in [-0.2, 0) is 16.0 Å². The quantitative estimate of drug-likeness (QED) is 0.170. The van der Waals surface area contributed by atoms with Gasteiger partial charge in [-0.3, -0.25) is 4.79 Å². The number of carboxylic acids is 1. The van der Waals surface area contributed by atoms with Crippen molar-refractivity contribution in [3.8, 4) is 34.3 Å². The van der Waals surface area contributed by atoms with E-state index >= 15 is 0 Å². The Labute approximate surface area is 225 Å². The molecule has 5 atom stereocenters. The fraction of sp³-hybridized carbons (Fsp3) is 0.214. The van der Waals surface area contributed by atoms with Crippen molar-refractivity contribution in [1.82, 2.24) is 0 Å². The highest BCUT2D eigenvalue weighted by Crippen LogP contribution is 2.43. The summed E-state index contributed by atoms with van der Waals surface area (Å²) in [6.45, 7) is 0. The van der Waals surface area contributed by atoms with Crippen LogP contribution in [0.2, 0.25) is 0 Å². The number of carbonyl (C=O) groups is 1. The fourth-order valence-corrected chi connectivity index (χ4v) is 4.51.